The minimum atomic E-state index is 0.496. The zero-order chi connectivity index (χ0) is 13.1. The second-order valence-electron chi connectivity index (χ2n) is 4.61. The summed E-state index contributed by atoms with van der Waals surface area (Å²) in [6, 6.07) is 13.8. The lowest BCUT2D eigenvalue weighted by Crippen LogP contribution is -1.98. The quantitative estimate of drug-likeness (QED) is 0.779. The van der Waals surface area contributed by atoms with E-state index >= 15 is 0 Å². The topological polar surface area (TPSA) is 38.0 Å². The van der Waals surface area contributed by atoms with Gasteiger partial charge in [0, 0.05) is 5.69 Å². The van der Waals surface area contributed by atoms with E-state index in [4.69, 9.17) is 17.3 Å². The number of nitrogen functional groups attached to an aromatic ring is 1. The molecule has 0 aliphatic carbocycles. The van der Waals surface area contributed by atoms with Gasteiger partial charge in [0.2, 0.25) is 0 Å². The van der Waals surface area contributed by atoms with Gasteiger partial charge in [0.05, 0.1) is 16.4 Å². The van der Waals surface area contributed by atoms with Crippen LogP contribution >= 0.6 is 11.6 Å². The number of anilines is 3. The average Bonchev–Trinajstić information content (AvgIpc) is 2.34. The molecule has 0 saturated carbocycles. The maximum atomic E-state index is 6.14. The molecule has 0 radical (unpaired) electrons. The molecule has 2 rings (SSSR count). The van der Waals surface area contributed by atoms with E-state index in [1.807, 2.05) is 30.3 Å². The number of hydrogen-bond acceptors (Lipinski definition) is 2. The van der Waals surface area contributed by atoms with Crippen LogP contribution in [0.3, 0.4) is 0 Å². The predicted octanol–water partition coefficient (Wildman–Crippen LogP) is 4.79. The first-order chi connectivity index (χ1) is 8.58. The summed E-state index contributed by atoms with van der Waals surface area (Å²) >= 11 is 6.14. The second-order valence-corrected chi connectivity index (χ2v) is 5.02. The number of halogens is 1. The fourth-order valence-corrected chi connectivity index (χ4v) is 2.02. The molecule has 2 nitrogen and oxygen atoms in total. The maximum Gasteiger partial charge on any atom is 0.0807 e. The van der Waals surface area contributed by atoms with Crippen molar-refractivity contribution in [1.29, 1.82) is 0 Å². The molecule has 3 N–H and O–H groups in total. The van der Waals surface area contributed by atoms with Gasteiger partial charge in [-0.2, -0.15) is 0 Å². The Kier molecular flexibility index (Phi) is 3.78. The lowest BCUT2D eigenvalue weighted by molar-refractivity contribution is 0.867. The van der Waals surface area contributed by atoms with E-state index in [2.05, 4.69) is 31.3 Å². The van der Waals surface area contributed by atoms with E-state index in [1.54, 1.807) is 0 Å². The van der Waals surface area contributed by atoms with Gasteiger partial charge in [-0.25, -0.2) is 0 Å². The van der Waals surface area contributed by atoms with Crippen molar-refractivity contribution in [3.63, 3.8) is 0 Å². The number of rotatable bonds is 3. The van der Waals surface area contributed by atoms with Gasteiger partial charge in [-0.15, -0.1) is 0 Å². The number of benzene rings is 2. The number of hydrogen-bond donors (Lipinski definition) is 2. The van der Waals surface area contributed by atoms with Gasteiger partial charge in [0.15, 0.2) is 0 Å². The Hall–Kier alpha value is -1.67. The van der Waals surface area contributed by atoms with E-state index in [9.17, 15) is 0 Å². The van der Waals surface area contributed by atoms with Gasteiger partial charge in [0.25, 0.3) is 0 Å². The predicted molar refractivity (Wildman–Crippen MR) is 79.7 cm³/mol. The van der Waals surface area contributed by atoms with Crippen LogP contribution in [0.1, 0.15) is 25.3 Å². The SMILES string of the molecule is CC(C)c1cccc(Nc2c(N)cccc2Cl)c1. The molecule has 94 valence electrons. The minimum absolute atomic E-state index is 0.496. The van der Waals surface area contributed by atoms with Gasteiger partial charge in [-0.05, 0) is 35.7 Å². The fraction of sp³-hybridized carbons (Fsp3) is 0.200. The van der Waals surface area contributed by atoms with E-state index in [0.717, 1.165) is 11.4 Å². The Labute approximate surface area is 113 Å². The third-order valence-corrected chi connectivity index (χ3v) is 3.18. The van der Waals surface area contributed by atoms with Crippen LogP contribution in [0.2, 0.25) is 5.02 Å². The molecule has 0 bridgehead atoms. The maximum absolute atomic E-state index is 6.14. The van der Waals surface area contributed by atoms with Crippen LogP contribution in [-0.4, -0.2) is 0 Å². The van der Waals surface area contributed by atoms with Crippen molar-refractivity contribution >= 4 is 28.7 Å². The lowest BCUT2D eigenvalue weighted by atomic mass is 10.0. The van der Waals surface area contributed by atoms with E-state index < -0.39 is 0 Å². The molecule has 0 spiro atoms. The van der Waals surface area contributed by atoms with Crippen LogP contribution in [0.5, 0.6) is 0 Å². The summed E-state index contributed by atoms with van der Waals surface area (Å²) in [5, 5.41) is 3.91. The molecule has 2 aromatic rings. The summed E-state index contributed by atoms with van der Waals surface area (Å²) in [6.07, 6.45) is 0. The van der Waals surface area contributed by atoms with Crippen LogP contribution in [0.25, 0.3) is 0 Å². The summed E-state index contributed by atoms with van der Waals surface area (Å²) in [5.74, 6) is 0.496. The molecule has 0 fully saturated rings. The molecule has 0 heterocycles. The second kappa shape index (κ2) is 5.32. The summed E-state index contributed by atoms with van der Waals surface area (Å²) < 4.78 is 0. The van der Waals surface area contributed by atoms with Gasteiger partial charge in [0.1, 0.15) is 0 Å². The summed E-state index contributed by atoms with van der Waals surface area (Å²) in [7, 11) is 0. The van der Waals surface area contributed by atoms with Crippen molar-refractivity contribution < 1.29 is 0 Å². The van der Waals surface area contributed by atoms with Crippen molar-refractivity contribution in [3.8, 4) is 0 Å². The fourth-order valence-electron chi connectivity index (χ4n) is 1.79. The number of nitrogens with one attached hydrogen (secondary N) is 1. The first-order valence-corrected chi connectivity index (χ1v) is 6.36. The molecule has 2 aromatic carbocycles. The monoisotopic (exact) mass is 260 g/mol. The first kappa shape index (κ1) is 12.8. The summed E-state index contributed by atoms with van der Waals surface area (Å²) in [6.45, 7) is 4.34. The van der Waals surface area contributed by atoms with Crippen molar-refractivity contribution in [1.82, 2.24) is 0 Å². The molecule has 0 saturated heterocycles. The Morgan fingerprint density at radius 1 is 1.11 bits per heavy atom. The minimum Gasteiger partial charge on any atom is -0.397 e. The highest BCUT2D eigenvalue weighted by molar-refractivity contribution is 6.34. The molecular formula is C15H17ClN2. The Morgan fingerprint density at radius 3 is 2.50 bits per heavy atom. The highest BCUT2D eigenvalue weighted by Gasteiger charge is 2.06. The third-order valence-electron chi connectivity index (χ3n) is 2.87. The molecule has 0 aliphatic rings. The molecule has 0 amide bonds. The molecule has 0 aliphatic heterocycles. The van der Waals surface area contributed by atoms with Crippen LogP contribution in [0.4, 0.5) is 17.1 Å². The largest absolute Gasteiger partial charge is 0.397 e. The summed E-state index contributed by atoms with van der Waals surface area (Å²) in [5.41, 5.74) is 9.62. The highest BCUT2D eigenvalue weighted by atomic mass is 35.5. The summed E-state index contributed by atoms with van der Waals surface area (Å²) in [4.78, 5) is 0. The van der Waals surface area contributed by atoms with E-state index in [-0.39, 0.29) is 0 Å². The molecule has 0 unspecified atom stereocenters. The standard InChI is InChI=1S/C15H17ClN2/c1-10(2)11-5-3-6-12(9-11)18-15-13(16)7-4-8-14(15)17/h3-10,18H,17H2,1-2H3. The van der Waals surface area contributed by atoms with Gasteiger partial charge >= 0.3 is 0 Å². The zero-order valence-electron chi connectivity index (χ0n) is 10.6. The van der Waals surface area contributed by atoms with Crippen molar-refractivity contribution in [3.05, 3.63) is 53.1 Å². The first-order valence-electron chi connectivity index (χ1n) is 5.99. The van der Waals surface area contributed by atoms with Crippen LogP contribution in [0, 0.1) is 0 Å². The highest BCUT2D eigenvalue weighted by Crippen LogP contribution is 2.31. The van der Waals surface area contributed by atoms with E-state index in [1.165, 1.54) is 5.56 Å². The lowest BCUT2D eigenvalue weighted by Gasteiger charge is -2.13. The van der Waals surface area contributed by atoms with Crippen LogP contribution in [-0.2, 0) is 0 Å². The number of nitrogens with two attached hydrogens (primary N) is 1. The smallest absolute Gasteiger partial charge is 0.0807 e. The van der Waals surface area contributed by atoms with Crippen molar-refractivity contribution in [2.45, 2.75) is 19.8 Å². The Balaban J connectivity index is 2.31. The molecule has 0 aromatic heterocycles. The normalized spacial score (nSPS) is 10.7. The average molecular weight is 261 g/mol. The van der Waals surface area contributed by atoms with Gasteiger partial charge in [-0.1, -0.05) is 43.6 Å². The van der Waals surface area contributed by atoms with E-state index in [0.29, 0.717) is 16.6 Å². The zero-order valence-corrected chi connectivity index (χ0v) is 11.3. The van der Waals surface area contributed by atoms with Gasteiger partial charge < -0.3 is 11.1 Å². The molecule has 18 heavy (non-hydrogen) atoms. The Morgan fingerprint density at radius 2 is 1.83 bits per heavy atom. The van der Waals surface area contributed by atoms with Gasteiger partial charge in [-0.3, -0.25) is 0 Å². The van der Waals surface area contributed by atoms with Crippen LogP contribution < -0.4 is 11.1 Å². The van der Waals surface area contributed by atoms with Crippen molar-refractivity contribution in [2.75, 3.05) is 11.1 Å². The Bertz CT molecular complexity index is 530. The molecular weight excluding hydrogens is 244 g/mol. The van der Waals surface area contributed by atoms with Crippen molar-refractivity contribution in [2.24, 2.45) is 0 Å². The molecule has 3 heteroatoms. The number of para-hydroxylation sites is 1. The third kappa shape index (κ3) is 2.77. The van der Waals surface area contributed by atoms with Crippen LogP contribution in [0.15, 0.2) is 42.5 Å². The molecule has 0 atom stereocenters.